The van der Waals surface area contributed by atoms with Crippen LogP contribution in [0, 0.1) is 0 Å². The molecule has 16 heavy (non-hydrogen) atoms. The molecule has 2 aliphatic heterocycles. The summed E-state index contributed by atoms with van der Waals surface area (Å²) in [5.74, 6) is 0. The summed E-state index contributed by atoms with van der Waals surface area (Å²) in [5, 5.41) is 9.26. The van der Waals surface area contributed by atoms with E-state index in [1.54, 1.807) is 0 Å². The van der Waals surface area contributed by atoms with E-state index >= 15 is 0 Å². The number of nitrogens with zero attached hydrogens (tertiary/aromatic N) is 2. The van der Waals surface area contributed by atoms with Gasteiger partial charge in [0.15, 0.2) is 0 Å². The van der Waals surface area contributed by atoms with E-state index in [1.807, 2.05) is 6.92 Å². The molecule has 0 amide bonds. The maximum atomic E-state index is 9.26. The summed E-state index contributed by atoms with van der Waals surface area (Å²) in [6, 6.07) is 0.828. The fourth-order valence-corrected chi connectivity index (χ4v) is 3.10. The summed E-state index contributed by atoms with van der Waals surface area (Å²) in [6.45, 7) is 8.22. The molecule has 0 aliphatic carbocycles. The van der Waals surface area contributed by atoms with Gasteiger partial charge >= 0.3 is 0 Å². The van der Waals surface area contributed by atoms with Crippen molar-refractivity contribution in [2.24, 2.45) is 0 Å². The molecule has 0 radical (unpaired) electrons. The molecule has 0 bridgehead atoms. The zero-order valence-electron chi connectivity index (χ0n) is 10.6. The van der Waals surface area contributed by atoms with Crippen LogP contribution in [0.15, 0.2) is 0 Å². The van der Waals surface area contributed by atoms with E-state index in [1.165, 1.54) is 52.0 Å². The molecule has 0 saturated carbocycles. The molecule has 0 aromatic heterocycles. The number of hydrogen-bond donors (Lipinski definition) is 1. The maximum Gasteiger partial charge on any atom is 0.0512 e. The third-order valence-electron chi connectivity index (χ3n) is 3.98. The third-order valence-corrected chi connectivity index (χ3v) is 3.98. The van der Waals surface area contributed by atoms with Crippen LogP contribution in [0.2, 0.25) is 0 Å². The fourth-order valence-electron chi connectivity index (χ4n) is 3.10. The molecular weight excluding hydrogens is 200 g/mol. The molecule has 2 aliphatic rings. The summed E-state index contributed by atoms with van der Waals surface area (Å²) in [6.07, 6.45) is 6.08. The Balaban J connectivity index is 1.73. The largest absolute Gasteiger partial charge is 0.393 e. The summed E-state index contributed by atoms with van der Waals surface area (Å²) >= 11 is 0. The Bertz CT molecular complexity index is 208. The van der Waals surface area contributed by atoms with Gasteiger partial charge in [-0.3, -0.25) is 4.90 Å². The van der Waals surface area contributed by atoms with E-state index in [-0.39, 0.29) is 6.10 Å². The molecule has 2 rings (SSSR count). The van der Waals surface area contributed by atoms with Crippen LogP contribution in [0.4, 0.5) is 0 Å². The number of aliphatic hydroxyl groups excluding tert-OH is 1. The molecule has 2 atom stereocenters. The molecule has 3 heteroatoms. The molecular formula is C13H26N2O. The SMILES string of the molecule is CC(O)CCCN1CCCN2CCCC2C1. The lowest BCUT2D eigenvalue weighted by Gasteiger charge is -2.25. The van der Waals surface area contributed by atoms with Crippen LogP contribution in [-0.2, 0) is 0 Å². The highest BCUT2D eigenvalue weighted by Crippen LogP contribution is 2.21. The highest BCUT2D eigenvalue weighted by atomic mass is 16.3. The normalized spacial score (nSPS) is 30.0. The lowest BCUT2D eigenvalue weighted by Crippen LogP contribution is -2.37. The van der Waals surface area contributed by atoms with Crippen molar-refractivity contribution in [3.05, 3.63) is 0 Å². The minimum absolute atomic E-state index is 0.130. The molecule has 2 fully saturated rings. The molecule has 94 valence electrons. The number of rotatable bonds is 4. The zero-order valence-corrected chi connectivity index (χ0v) is 10.6. The molecule has 2 heterocycles. The first-order valence-electron chi connectivity index (χ1n) is 6.90. The van der Waals surface area contributed by atoms with E-state index in [2.05, 4.69) is 9.80 Å². The van der Waals surface area contributed by atoms with E-state index in [4.69, 9.17) is 0 Å². The molecule has 3 nitrogen and oxygen atoms in total. The second-order valence-electron chi connectivity index (χ2n) is 5.48. The summed E-state index contributed by atoms with van der Waals surface area (Å²) in [7, 11) is 0. The predicted octanol–water partition coefficient (Wildman–Crippen LogP) is 1.32. The van der Waals surface area contributed by atoms with Gasteiger partial charge in [0.1, 0.15) is 0 Å². The first-order valence-corrected chi connectivity index (χ1v) is 6.90. The van der Waals surface area contributed by atoms with Crippen molar-refractivity contribution in [3.63, 3.8) is 0 Å². The smallest absolute Gasteiger partial charge is 0.0512 e. The molecule has 2 unspecified atom stereocenters. The fraction of sp³-hybridized carbons (Fsp3) is 1.00. The van der Waals surface area contributed by atoms with Gasteiger partial charge in [-0.1, -0.05) is 0 Å². The standard InChI is InChI=1S/C13H26N2O/c1-12(16)5-2-7-14-8-4-10-15-9-3-6-13(15)11-14/h12-13,16H,2-11H2,1H3. The predicted molar refractivity (Wildman–Crippen MR) is 66.6 cm³/mol. The molecule has 2 saturated heterocycles. The van der Waals surface area contributed by atoms with Gasteiger partial charge < -0.3 is 10.0 Å². The van der Waals surface area contributed by atoms with Crippen LogP contribution in [0.25, 0.3) is 0 Å². The average Bonchev–Trinajstić information content (AvgIpc) is 2.57. The van der Waals surface area contributed by atoms with Crippen molar-refractivity contribution < 1.29 is 5.11 Å². The van der Waals surface area contributed by atoms with Crippen molar-refractivity contribution in [1.29, 1.82) is 0 Å². The first kappa shape index (κ1) is 12.3. The van der Waals surface area contributed by atoms with Gasteiger partial charge in [-0.15, -0.1) is 0 Å². The van der Waals surface area contributed by atoms with Gasteiger partial charge in [-0.25, -0.2) is 0 Å². The highest BCUT2D eigenvalue weighted by Gasteiger charge is 2.28. The van der Waals surface area contributed by atoms with Crippen molar-refractivity contribution >= 4 is 0 Å². The van der Waals surface area contributed by atoms with Crippen LogP contribution < -0.4 is 0 Å². The average molecular weight is 226 g/mol. The van der Waals surface area contributed by atoms with Gasteiger partial charge in [-0.05, 0) is 65.2 Å². The zero-order chi connectivity index (χ0) is 11.4. The van der Waals surface area contributed by atoms with Crippen molar-refractivity contribution in [2.75, 3.05) is 32.7 Å². The van der Waals surface area contributed by atoms with Crippen LogP contribution in [-0.4, -0.2) is 59.8 Å². The van der Waals surface area contributed by atoms with E-state index in [9.17, 15) is 5.11 Å². The first-order chi connectivity index (χ1) is 7.75. The maximum absolute atomic E-state index is 9.26. The monoisotopic (exact) mass is 226 g/mol. The Morgan fingerprint density at radius 1 is 1.25 bits per heavy atom. The number of hydrogen-bond acceptors (Lipinski definition) is 3. The minimum Gasteiger partial charge on any atom is -0.393 e. The van der Waals surface area contributed by atoms with Crippen molar-refractivity contribution in [2.45, 2.75) is 51.2 Å². The van der Waals surface area contributed by atoms with Crippen molar-refractivity contribution in [3.8, 4) is 0 Å². The summed E-state index contributed by atoms with van der Waals surface area (Å²) in [4.78, 5) is 5.28. The molecule has 1 N–H and O–H groups in total. The van der Waals surface area contributed by atoms with E-state index in [0.717, 1.165) is 18.9 Å². The van der Waals surface area contributed by atoms with E-state index < -0.39 is 0 Å². The highest BCUT2D eigenvalue weighted by molar-refractivity contribution is 4.84. The Morgan fingerprint density at radius 2 is 2.06 bits per heavy atom. The molecule has 0 spiro atoms. The quantitative estimate of drug-likeness (QED) is 0.783. The molecule has 0 aromatic carbocycles. The van der Waals surface area contributed by atoms with Crippen molar-refractivity contribution in [1.82, 2.24) is 9.80 Å². The van der Waals surface area contributed by atoms with Gasteiger partial charge in [0.05, 0.1) is 6.10 Å². The van der Waals surface area contributed by atoms with Gasteiger partial charge in [0.25, 0.3) is 0 Å². The minimum atomic E-state index is -0.130. The second kappa shape index (κ2) is 5.99. The van der Waals surface area contributed by atoms with Gasteiger partial charge in [-0.2, -0.15) is 0 Å². The Hall–Kier alpha value is -0.120. The lowest BCUT2D eigenvalue weighted by atomic mass is 10.2. The van der Waals surface area contributed by atoms with Crippen LogP contribution >= 0.6 is 0 Å². The van der Waals surface area contributed by atoms with E-state index in [0.29, 0.717) is 0 Å². The topological polar surface area (TPSA) is 26.7 Å². The Labute approximate surface area is 99.4 Å². The van der Waals surface area contributed by atoms with Gasteiger partial charge in [0, 0.05) is 12.6 Å². The number of aliphatic hydroxyl groups is 1. The Kier molecular flexibility index (Phi) is 4.62. The second-order valence-corrected chi connectivity index (χ2v) is 5.48. The number of fused-ring (bicyclic) bond motifs is 1. The molecule has 0 aromatic rings. The van der Waals surface area contributed by atoms with Crippen LogP contribution in [0.3, 0.4) is 0 Å². The lowest BCUT2D eigenvalue weighted by molar-refractivity contribution is 0.167. The van der Waals surface area contributed by atoms with Crippen LogP contribution in [0.1, 0.15) is 39.0 Å². The van der Waals surface area contributed by atoms with Gasteiger partial charge in [0.2, 0.25) is 0 Å². The Morgan fingerprint density at radius 3 is 2.88 bits per heavy atom. The van der Waals surface area contributed by atoms with Crippen LogP contribution in [0.5, 0.6) is 0 Å². The summed E-state index contributed by atoms with van der Waals surface area (Å²) in [5.41, 5.74) is 0. The summed E-state index contributed by atoms with van der Waals surface area (Å²) < 4.78 is 0. The third kappa shape index (κ3) is 3.44.